The molecule has 0 aliphatic carbocycles. The molecule has 250 valence electrons. The van der Waals surface area contributed by atoms with E-state index in [2.05, 4.69) is 39.6 Å². The highest BCUT2D eigenvalue weighted by molar-refractivity contribution is 7.89. The Morgan fingerprint density at radius 3 is 2.40 bits per heavy atom. The third-order valence-electron chi connectivity index (χ3n) is 8.72. The second-order valence-corrected chi connectivity index (χ2v) is 15.4. The predicted molar refractivity (Wildman–Crippen MR) is 178 cm³/mol. The van der Waals surface area contributed by atoms with Gasteiger partial charge in [-0.25, -0.2) is 13.4 Å². The number of unbranched alkanes of at least 4 members (excludes halogenated alkanes) is 1. The Kier molecular flexibility index (Phi) is 16.7. The molecule has 2 N–H and O–H groups in total. The van der Waals surface area contributed by atoms with Crippen molar-refractivity contribution >= 4 is 21.6 Å². The smallest absolute Gasteiger partial charge is 0.251 e. The zero-order chi connectivity index (χ0) is 33.0. The molecule has 5 atom stereocenters. The first kappa shape index (κ1) is 39.3. The van der Waals surface area contributed by atoms with Crippen LogP contribution in [0.3, 0.4) is 0 Å². The standard InChI is InChI=1S/C33H62N4O5S/c1-12-16-31(36(10)11)35-26(6)25(5)18-19-30-27(7)37(23-29(42-30)20-21-34-32(38)33(8,9)39)43(40,41)22-15-14-17-28(13-2)24(3)4/h12,16,24-25,27-30,39H,1,13-15,17-23H2,2-11H3,(H,34,38)/b31-16+,35-26+/t25?,27?,28?,29-,30?/m0/s1. The van der Waals surface area contributed by atoms with E-state index in [-0.39, 0.29) is 36.5 Å². The number of allylic oxidation sites excluding steroid dienone is 2. The largest absolute Gasteiger partial charge is 0.381 e. The monoisotopic (exact) mass is 626 g/mol. The summed E-state index contributed by atoms with van der Waals surface area (Å²) in [6.45, 7) is 20.0. The number of carbonyl (C=O) groups is 1. The van der Waals surface area contributed by atoms with Crippen molar-refractivity contribution in [2.75, 3.05) is 32.9 Å². The van der Waals surface area contributed by atoms with Crippen molar-refractivity contribution in [3.05, 3.63) is 24.6 Å². The molecule has 43 heavy (non-hydrogen) atoms. The zero-order valence-electron chi connectivity index (χ0n) is 28.7. The maximum atomic E-state index is 13.7. The lowest BCUT2D eigenvalue weighted by molar-refractivity contribution is -0.136. The van der Waals surface area contributed by atoms with Crippen LogP contribution < -0.4 is 5.32 Å². The second kappa shape index (κ2) is 18.3. The quantitative estimate of drug-likeness (QED) is 0.113. The summed E-state index contributed by atoms with van der Waals surface area (Å²) in [5.41, 5.74) is -0.484. The molecular formula is C33H62N4O5S. The highest BCUT2D eigenvalue weighted by Gasteiger charge is 2.40. The van der Waals surface area contributed by atoms with Gasteiger partial charge in [-0.15, -0.1) is 0 Å². The van der Waals surface area contributed by atoms with Gasteiger partial charge in [-0.1, -0.05) is 59.6 Å². The minimum absolute atomic E-state index is 0.131. The molecule has 0 aromatic rings. The van der Waals surface area contributed by atoms with E-state index in [0.29, 0.717) is 37.6 Å². The number of amides is 1. The molecule has 1 amide bonds. The van der Waals surface area contributed by atoms with E-state index in [1.807, 2.05) is 38.9 Å². The number of ether oxygens (including phenoxy) is 1. The van der Waals surface area contributed by atoms with Gasteiger partial charge in [0.15, 0.2) is 0 Å². The summed E-state index contributed by atoms with van der Waals surface area (Å²) in [5.74, 6) is 1.89. The minimum atomic E-state index is -3.49. The van der Waals surface area contributed by atoms with Crippen LogP contribution in [0, 0.1) is 17.8 Å². The van der Waals surface area contributed by atoms with Crippen LogP contribution in [0.1, 0.15) is 100 Å². The molecule has 1 aliphatic heterocycles. The number of aliphatic imine (C=N–C) groups is 1. The van der Waals surface area contributed by atoms with E-state index >= 15 is 0 Å². The number of nitrogens with one attached hydrogen (secondary N) is 1. The summed E-state index contributed by atoms with van der Waals surface area (Å²) >= 11 is 0. The fourth-order valence-corrected chi connectivity index (χ4v) is 7.32. The molecular weight excluding hydrogens is 564 g/mol. The van der Waals surface area contributed by atoms with E-state index < -0.39 is 21.5 Å². The Balaban J connectivity index is 3.03. The first-order valence-corrected chi connectivity index (χ1v) is 17.8. The molecule has 1 fully saturated rings. The van der Waals surface area contributed by atoms with Crippen molar-refractivity contribution in [2.24, 2.45) is 22.7 Å². The highest BCUT2D eigenvalue weighted by Crippen LogP contribution is 2.29. The number of hydrogen-bond acceptors (Lipinski definition) is 7. The van der Waals surface area contributed by atoms with Gasteiger partial charge in [0.05, 0.1) is 18.0 Å². The highest BCUT2D eigenvalue weighted by atomic mass is 32.2. The van der Waals surface area contributed by atoms with Crippen LogP contribution in [0.25, 0.3) is 0 Å². The first-order valence-electron chi connectivity index (χ1n) is 16.1. The zero-order valence-corrected chi connectivity index (χ0v) is 29.5. The van der Waals surface area contributed by atoms with Gasteiger partial charge in [-0.2, -0.15) is 4.31 Å². The van der Waals surface area contributed by atoms with Gasteiger partial charge in [-0.3, -0.25) is 4.79 Å². The predicted octanol–water partition coefficient (Wildman–Crippen LogP) is 5.37. The Labute approximate surface area is 263 Å². The Morgan fingerprint density at radius 2 is 1.86 bits per heavy atom. The summed E-state index contributed by atoms with van der Waals surface area (Å²) < 4.78 is 35.5. The molecule has 4 unspecified atom stereocenters. The third-order valence-corrected chi connectivity index (χ3v) is 10.7. The summed E-state index contributed by atoms with van der Waals surface area (Å²) in [7, 11) is 0.394. The van der Waals surface area contributed by atoms with Crippen LogP contribution in [-0.2, 0) is 19.6 Å². The van der Waals surface area contributed by atoms with Crippen LogP contribution in [0.15, 0.2) is 29.5 Å². The van der Waals surface area contributed by atoms with Crippen LogP contribution in [0.4, 0.5) is 0 Å². The number of carbonyl (C=O) groups excluding carboxylic acids is 1. The van der Waals surface area contributed by atoms with Gasteiger partial charge in [0.25, 0.3) is 5.91 Å². The van der Waals surface area contributed by atoms with Crippen molar-refractivity contribution in [1.29, 1.82) is 0 Å². The van der Waals surface area contributed by atoms with Crippen molar-refractivity contribution in [3.8, 4) is 0 Å². The van der Waals surface area contributed by atoms with Gasteiger partial charge in [-0.05, 0) is 77.2 Å². The Morgan fingerprint density at radius 1 is 1.21 bits per heavy atom. The molecule has 1 rings (SSSR count). The van der Waals surface area contributed by atoms with Gasteiger partial charge in [0.2, 0.25) is 10.0 Å². The average molecular weight is 627 g/mol. The maximum absolute atomic E-state index is 13.7. The summed E-state index contributed by atoms with van der Waals surface area (Å²) in [6, 6.07) is -0.297. The number of rotatable bonds is 19. The van der Waals surface area contributed by atoms with Crippen molar-refractivity contribution < 1.29 is 23.1 Å². The molecule has 0 bridgehead atoms. The number of morpholine rings is 1. The topological polar surface area (TPSA) is 112 Å². The molecule has 10 heteroatoms. The lowest BCUT2D eigenvalue weighted by Crippen LogP contribution is -2.56. The van der Waals surface area contributed by atoms with E-state index in [4.69, 9.17) is 9.73 Å². The SMILES string of the molecule is C=C/C=C(\N=C(/C)C(C)CCC1O[C@@H](CCNC(=O)C(C)(C)O)CN(S(=O)(=O)CCCCC(CC)C(C)C)C1C)N(C)C. The average Bonchev–Trinajstić information content (AvgIpc) is 2.91. The Bertz CT molecular complexity index is 1030. The number of hydrogen-bond donors (Lipinski definition) is 2. The molecule has 1 heterocycles. The first-order chi connectivity index (χ1) is 19.9. The molecule has 0 aromatic carbocycles. The third kappa shape index (κ3) is 13.4. The summed E-state index contributed by atoms with van der Waals surface area (Å²) in [6.07, 6.45) is 8.59. The fraction of sp³-hybridized carbons (Fsp3) is 0.818. The normalized spacial score (nSPS) is 22.4. The summed E-state index contributed by atoms with van der Waals surface area (Å²) in [4.78, 5) is 18.9. The second-order valence-electron chi connectivity index (χ2n) is 13.3. The molecule has 0 spiro atoms. The van der Waals surface area contributed by atoms with Gasteiger partial charge in [0.1, 0.15) is 11.4 Å². The van der Waals surface area contributed by atoms with Crippen LogP contribution >= 0.6 is 0 Å². The Hall–Kier alpha value is -1.75. The summed E-state index contributed by atoms with van der Waals surface area (Å²) in [5, 5.41) is 12.7. The fourth-order valence-electron chi connectivity index (χ4n) is 5.48. The van der Waals surface area contributed by atoms with Crippen LogP contribution in [0.5, 0.6) is 0 Å². The molecule has 1 aliphatic rings. The van der Waals surface area contributed by atoms with Gasteiger partial charge < -0.3 is 20.1 Å². The molecule has 0 saturated carbocycles. The van der Waals surface area contributed by atoms with Gasteiger partial charge in [0, 0.05) is 38.9 Å². The van der Waals surface area contributed by atoms with E-state index in [1.165, 1.54) is 13.8 Å². The molecule has 0 aromatic heterocycles. The lowest BCUT2D eigenvalue weighted by Gasteiger charge is -2.43. The van der Waals surface area contributed by atoms with Crippen molar-refractivity contribution in [3.63, 3.8) is 0 Å². The minimum Gasteiger partial charge on any atom is -0.381 e. The van der Waals surface area contributed by atoms with E-state index in [1.54, 1.807) is 10.4 Å². The van der Waals surface area contributed by atoms with E-state index in [9.17, 15) is 18.3 Å². The number of sulfonamides is 1. The maximum Gasteiger partial charge on any atom is 0.251 e. The molecule has 1 saturated heterocycles. The molecule has 9 nitrogen and oxygen atoms in total. The van der Waals surface area contributed by atoms with E-state index in [0.717, 1.165) is 37.2 Å². The number of aliphatic hydroxyl groups is 1. The van der Waals surface area contributed by atoms with Crippen molar-refractivity contribution in [1.82, 2.24) is 14.5 Å². The van der Waals surface area contributed by atoms with Crippen LogP contribution in [-0.4, -0.2) is 91.1 Å². The van der Waals surface area contributed by atoms with Crippen LogP contribution in [0.2, 0.25) is 0 Å². The lowest BCUT2D eigenvalue weighted by atomic mass is 9.89. The number of nitrogens with zero attached hydrogens (tertiary/aromatic N) is 3. The molecule has 0 radical (unpaired) electrons. The van der Waals surface area contributed by atoms with Gasteiger partial charge >= 0.3 is 0 Å². The van der Waals surface area contributed by atoms with Crippen molar-refractivity contribution in [2.45, 2.75) is 124 Å².